The van der Waals surface area contributed by atoms with Gasteiger partial charge in [0, 0.05) is 22.8 Å². The minimum Gasteiger partial charge on any atom is -0.465 e. The zero-order valence-corrected chi connectivity index (χ0v) is 18.7. The Morgan fingerprint density at radius 3 is 2.30 bits per heavy atom. The third kappa shape index (κ3) is 5.71. The number of esters is 1. The number of Topliss-reactive ketones (excluding diaryl/α,β-unsaturated/α-hetero) is 1. The van der Waals surface area contributed by atoms with E-state index in [0.717, 1.165) is 0 Å². The molecule has 3 rings (SSSR count). The Balaban J connectivity index is 2.04. The Hall–Kier alpha value is -2.94. The number of halogens is 4. The first kappa shape index (κ1) is 24.7. The predicted octanol–water partition coefficient (Wildman–Crippen LogP) is 6.05. The summed E-state index contributed by atoms with van der Waals surface area (Å²) in [5, 5.41) is 3.40. The molecule has 0 amide bonds. The van der Waals surface area contributed by atoms with Crippen LogP contribution >= 0.6 is 0 Å². The third-order valence-corrected chi connectivity index (χ3v) is 5.19. The topological polar surface area (TPSA) is 68.5 Å². The molecule has 0 fully saturated rings. The van der Waals surface area contributed by atoms with Crippen LogP contribution in [0.4, 0.5) is 17.6 Å². The molecule has 3 aromatic rings. The summed E-state index contributed by atoms with van der Waals surface area (Å²) >= 11 is 0. The molecule has 0 radical (unpaired) electrons. The molecular formula is C24H25F4NO4. The molecule has 1 heterocycles. The molecule has 1 N–H and O–H groups in total. The van der Waals surface area contributed by atoms with Crippen LogP contribution in [0, 0.1) is 0 Å². The van der Waals surface area contributed by atoms with Crippen molar-refractivity contribution in [1.29, 1.82) is 0 Å². The highest BCUT2D eigenvalue weighted by molar-refractivity contribution is 6.08. The fourth-order valence-corrected chi connectivity index (χ4v) is 3.71. The lowest BCUT2D eigenvalue weighted by molar-refractivity contribution is -0.165. The number of carbonyl (C=O) groups excluding carboxylic acids is 2. The Morgan fingerprint density at radius 1 is 1.03 bits per heavy atom. The largest absolute Gasteiger partial charge is 0.465 e. The van der Waals surface area contributed by atoms with Gasteiger partial charge in [-0.3, -0.25) is 14.9 Å². The van der Waals surface area contributed by atoms with E-state index in [1.807, 2.05) is 0 Å². The number of rotatable bonds is 8. The van der Waals surface area contributed by atoms with E-state index in [1.54, 1.807) is 18.2 Å². The van der Waals surface area contributed by atoms with Crippen molar-refractivity contribution in [3.63, 3.8) is 0 Å². The van der Waals surface area contributed by atoms with Gasteiger partial charge in [-0.1, -0.05) is 12.1 Å². The summed E-state index contributed by atoms with van der Waals surface area (Å²) in [7, 11) is 0. The first-order valence-electron chi connectivity index (χ1n) is 10.5. The number of nitrogens with one attached hydrogen (secondary N) is 1. The molecular weight excluding hydrogens is 442 g/mol. The summed E-state index contributed by atoms with van der Waals surface area (Å²) in [6.07, 6.45) is -5.29. The summed E-state index contributed by atoms with van der Waals surface area (Å²) in [6.45, 7) is 5.25. The maximum atomic E-state index is 14.2. The quantitative estimate of drug-likeness (QED) is 0.248. The number of fused-ring (bicyclic) bond motifs is 3. The Morgan fingerprint density at radius 2 is 1.73 bits per heavy atom. The normalized spacial score (nSPS) is 14.4. The minimum absolute atomic E-state index is 0.0480. The molecule has 0 aliphatic rings. The van der Waals surface area contributed by atoms with Crippen molar-refractivity contribution in [1.82, 2.24) is 5.32 Å². The SMILES string of the molecule is CCOC(=O)C(CC(C)(C)F)NC(c1ccc2c(c1)oc1ccc(C(C)=O)cc12)C(F)(F)F. The molecule has 2 atom stereocenters. The van der Waals surface area contributed by atoms with Crippen molar-refractivity contribution in [2.24, 2.45) is 0 Å². The summed E-state index contributed by atoms with van der Waals surface area (Å²) in [6, 6.07) is 4.99. The summed E-state index contributed by atoms with van der Waals surface area (Å²) in [5.41, 5.74) is -1.04. The molecule has 0 saturated heterocycles. The molecule has 0 saturated carbocycles. The fraction of sp³-hybridized carbons (Fsp3) is 0.417. The van der Waals surface area contributed by atoms with Gasteiger partial charge < -0.3 is 9.15 Å². The van der Waals surface area contributed by atoms with E-state index in [2.05, 4.69) is 5.32 Å². The van der Waals surface area contributed by atoms with E-state index in [-0.39, 0.29) is 23.5 Å². The Bertz CT molecular complexity index is 1180. The lowest BCUT2D eigenvalue weighted by Crippen LogP contribution is -2.47. The molecule has 1 aromatic heterocycles. The molecule has 33 heavy (non-hydrogen) atoms. The summed E-state index contributed by atoms with van der Waals surface area (Å²) in [5.74, 6) is -1.11. The van der Waals surface area contributed by atoms with E-state index in [1.165, 1.54) is 45.9 Å². The second-order valence-electron chi connectivity index (χ2n) is 8.49. The van der Waals surface area contributed by atoms with Gasteiger partial charge in [-0.2, -0.15) is 13.2 Å². The zero-order valence-electron chi connectivity index (χ0n) is 18.7. The van der Waals surface area contributed by atoms with Crippen molar-refractivity contribution in [3.05, 3.63) is 47.5 Å². The van der Waals surface area contributed by atoms with Crippen LogP contribution in [-0.2, 0) is 9.53 Å². The first-order chi connectivity index (χ1) is 15.3. The second kappa shape index (κ2) is 9.13. The van der Waals surface area contributed by atoms with Gasteiger partial charge in [0.2, 0.25) is 0 Å². The Kier molecular flexibility index (Phi) is 6.83. The number of hydrogen-bond donors (Lipinski definition) is 1. The molecule has 5 nitrogen and oxygen atoms in total. The first-order valence-corrected chi connectivity index (χ1v) is 10.5. The van der Waals surface area contributed by atoms with Gasteiger partial charge in [-0.25, -0.2) is 4.39 Å². The van der Waals surface area contributed by atoms with Crippen molar-refractivity contribution in [2.45, 2.75) is 58.0 Å². The molecule has 2 aromatic carbocycles. The van der Waals surface area contributed by atoms with Gasteiger partial charge >= 0.3 is 12.1 Å². The number of ketones is 1. The second-order valence-corrected chi connectivity index (χ2v) is 8.49. The lowest BCUT2D eigenvalue weighted by Gasteiger charge is -2.29. The van der Waals surface area contributed by atoms with Crippen LogP contribution in [0.5, 0.6) is 0 Å². The molecule has 0 spiro atoms. The molecule has 9 heteroatoms. The Labute approximate surface area is 188 Å². The number of alkyl halides is 4. The maximum Gasteiger partial charge on any atom is 0.407 e. The highest BCUT2D eigenvalue weighted by Gasteiger charge is 2.44. The molecule has 0 bridgehead atoms. The third-order valence-electron chi connectivity index (χ3n) is 5.19. The predicted molar refractivity (Wildman–Crippen MR) is 116 cm³/mol. The molecule has 0 aliphatic heterocycles. The monoisotopic (exact) mass is 467 g/mol. The average molecular weight is 467 g/mol. The minimum atomic E-state index is -4.79. The summed E-state index contributed by atoms with van der Waals surface area (Å²) in [4.78, 5) is 23.9. The standard InChI is InChI=1S/C24H25F4NO4/c1-5-32-22(31)18(12-23(3,4)25)29-21(24(26,27)28)15-6-8-16-17-10-14(13(2)30)7-9-19(17)33-20(16)11-15/h6-11,18,21,29H,5,12H2,1-4H3. The van der Waals surface area contributed by atoms with E-state index in [0.29, 0.717) is 21.9 Å². The van der Waals surface area contributed by atoms with E-state index in [9.17, 15) is 27.2 Å². The number of furan rings is 1. The van der Waals surface area contributed by atoms with Crippen LogP contribution in [-0.4, -0.2) is 36.2 Å². The van der Waals surface area contributed by atoms with Gasteiger partial charge in [0.15, 0.2) is 5.78 Å². The van der Waals surface area contributed by atoms with Gasteiger partial charge in [-0.15, -0.1) is 0 Å². The average Bonchev–Trinajstić information content (AvgIpc) is 3.06. The number of hydrogen-bond acceptors (Lipinski definition) is 5. The number of carbonyl (C=O) groups is 2. The number of ether oxygens (including phenoxy) is 1. The number of benzene rings is 2. The van der Waals surface area contributed by atoms with Gasteiger partial charge in [0.1, 0.15) is 28.9 Å². The van der Waals surface area contributed by atoms with Crippen molar-refractivity contribution < 1.29 is 36.3 Å². The molecule has 2 unspecified atom stereocenters. The smallest absolute Gasteiger partial charge is 0.407 e. The van der Waals surface area contributed by atoms with Crippen LogP contribution < -0.4 is 5.32 Å². The van der Waals surface area contributed by atoms with E-state index in [4.69, 9.17) is 9.15 Å². The fourth-order valence-electron chi connectivity index (χ4n) is 3.71. The van der Waals surface area contributed by atoms with Gasteiger partial charge in [0.25, 0.3) is 0 Å². The zero-order chi connectivity index (χ0) is 24.6. The van der Waals surface area contributed by atoms with Crippen LogP contribution in [0.1, 0.15) is 56.1 Å². The van der Waals surface area contributed by atoms with Crippen LogP contribution in [0.25, 0.3) is 21.9 Å². The van der Waals surface area contributed by atoms with Crippen molar-refractivity contribution >= 4 is 33.7 Å². The van der Waals surface area contributed by atoms with Crippen LogP contribution in [0.2, 0.25) is 0 Å². The van der Waals surface area contributed by atoms with E-state index >= 15 is 0 Å². The van der Waals surface area contributed by atoms with Crippen LogP contribution in [0.15, 0.2) is 40.8 Å². The molecule has 0 aliphatic carbocycles. The van der Waals surface area contributed by atoms with Crippen molar-refractivity contribution in [2.75, 3.05) is 6.61 Å². The summed E-state index contributed by atoms with van der Waals surface area (Å²) < 4.78 is 66.9. The highest BCUT2D eigenvalue weighted by atomic mass is 19.4. The van der Waals surface area contributed by atoms with E-state index < -0.39 is 36.3 Å². The van der Waals surface area contributed by atoms with Crippen molar-refractivity contribution in [3.8, 4) is 0 Å². The maximum absolute atomic E-state index is 14.2. The van der Waals surface area contributed by atoms with Gasteiger partial charge in [-0.05, 0) is 57.5 Å². The lowest BCUT2D eigenvalue weighted by atomic mass is 9.97. The highest BCUT2D eigenvalue weighted by Crippen LogP contribution is 2.37. The van der Waals surface area contributed by atoms with Crippen LogP contribution in [0.3, 0.4) is 0 Å². The molecule has 178 valence electrons. The van der Waals surface area contributed by atoms with Gasteiger partial charge in [0.05, 0.1) is 6.61 Å².